The van der Waals surface area contributed by atoms with Crippen LogP contribution >= 0.6 is 0 Å². The molecule has 3 amide bonds. The molecule has 1 atom stereocenters. The normalized spacial score (nSPS) is 11.6. The summed E-state index contributed by atoms with van der Waals surface area (Å²) in [5.74, 6) is -2.07. The predicted molar refractivity (Wildman–Crippen MR) is 106 cm³/mol. The van der Waals surface area contributed by atoms with Gasteiger partial charge < -0.3 is 10.5 Å². The van der Waals surface area contributed by atoms with E-state index in [2.05, 4.69) is 5.10 Å². The zero-order chi connectivity index (χ0) is 21.8. The molecule has 0 fully saturated rings. The maximum Gasteiger partial charge on any atom is 0.342 e. The molecule has 0 bridgehead atoms. The van der Waals surface area contributed by atoms with E-state index in [1.165, 1.54) is 42.1 Å². The number of benzene rings is 2. The number of imide groups is 1. The van der Waals surface area contributed by atoms with Crippen LogP contribution in [0.25, 0.3) is 16.9 Å². The van der Waals surface area contributed by atoms with E-state index in [0.29, 0.717) is 16.9 Å². The van der Waals surface area contributed by atoms with E-state index < -0.39 is 29.8 Å². The summed E-state index contributed by atoms with van der Waals surface area (Å²) < 4.78 is 19.9. The zero-order valence-corrected chi connectivity index (χ0v) is 16.3. The Morgan fingerprint density at radius 3 is 2.33 bits per heavy atom. The summed E-state index contributed by atoms with van der Waals surface area (Å²) in [5.41, 5.74) is 7.55. The highest BCUT2D eigenvalue weighted by molar-refractivity contribution is 6.00. The van der Waals surface area contributed by atoms with Crippen molar-refractivity contribution in [3.63, 3.8) is 0 Å². The van der Waals surface area contributed by atoms with Crippen molar-refractivity contribution in [2.24, 2.45) is 5.73 Å². The van der Waals surface area contributed by atoms with E-state index in [9.17, 15) is 18.8 Å². The van der Waals surface area contributed by atoms with Crippen LogP contribution in [0.1, 0.15) is 22.8 Å². The van der Waals surface area contributed by atoms with Crippen LogP contribution in [0.4, 0.5) is 9.18 Å². The lowest BCUT2D eigenvalue weighted by molar-refractivity contribution is -0.127. The first-order chi connectivity index (χ1) is 14.2. The molecule has 0 saturated carbocycles. The minimum absolute atomic E-state index is 0.0990. The lowest BCUT2D eigenvalue weighted by Gasteiger charge is -2.11. The lowest BCUT2D eigenvalue weighted by atomic mass is 10.1. The predicted octanol–water partition coefficient (Wildman–Crippen LogP) is 2.73. The van der Waals surface area contributed by atoms with Gasteiger partial charge in [0.05, 0.1) is 5.69 Å². The maximum absolute atomic E-state index is 13.3. The lowest BCUT2D eigenvalue weighted by Crippen LogP contribution is -2.42. The van der Waals surface area contributed by atoms with Gasteiger partial charge in [-0.1, -0.05) is 29.8 Å². The van der Waals surface area contributed by atoms with Crippen LogP contribution in [0, 0.1) is 12.7 Å². The van der Waals surface area contributed by atoms with E-state index in [1.807, 2.05) is 24.4 Å². The average molecular weight is 410 g/mol. The standard InChI is InChI=1S/C21H19FN4O4/c1-12-3-5-14(6-4-12)18-17(20(28)30-13(2)19(27)24-21(23)29)11-26(25-18)16-9-7-15(22)8-10-16/h3-11,13H,1-2H3,(H3,23,24,27,29)/t13-/m1/s1. The molecule has 0 saturated heterocycles. The second-order valence-corrected chi connectivity index (χ2v) is 6.58. The number of amides is 3. The number of carbonyl (C=O) groups excluding carboxylic acids is 3. The molecule has 2 aromatic carbocycles. The zero-order valence-electron chi connectivity index (χ0n) is 16.3. The number of carbonyl (C=O) groups is 3. The molecule has 3 aromatic rings. The fraction of sp³-hybridized carbons (Fsp3) is 0.143. The molecule has 3 rings (SSSR count). The molecular weight excluding hydrogens is 391 g/mol. The third kappa shape index (κ3) is 4.69. The van der Waals surface area contributed by atoms with Gasteiger partial charge in [0.1, 0.15) is 17.1 Å². The first kappa shape index (κ1) is 20.7. The SMILES string of the molecule is Cc1ccc(-c2nn(-c3ccc(F)cc3)cc2C(=O)O[C@H](C)C(=O)NC(N)=O)cc1. The monoisotopic (exact) mass is 410 g/mol. The summed E-state index contributed by atoms with van der Waals surface area (Å²) in [6.45, 7) is 3.24. The summed E-state index contributed by atoms with van der Waals surface area (Å²) >= 11 is 0. The van der Waals surface area contributed by atoms with Gasteiger partial charge in [-0.25, -0.2) is 18.7 Å². The van der Waals surface area contributed by atoms with Crippen LogP contribution in [0.15, 0.2) is 54.7 Å². The molecule has 9 heteroatoms. The van der Waals surface area contributed by atoms with Crippen molar-refractivity contribution in [1.29, 1.82) is 0 Å². The first-order valence-electron chi connectivity index (χ1n) is 8.98. The molecule has 0 aliphatic heterocycles. The third-order valence-electron chi connectivity index (χ3n) is 4.25. The van der Waals surface area contributed by atoms with E-state index in [0.717, 1.165) is 5.56 Å². The van der Waals surface area contributed by atoms with Gasteiger partial charge >= 0.3 is 12.0 Å². The second kappa shape index (κ2) is 8.56. The number of halogens is 1. The Balaban J connectivity index is 1.97. The van der Waals surface area contributed by atoms with Crippen LogP contribution < -0.4 is 11.1 Å². The number of hydrogen-bond acceptors (Lipinski definition) is 5. The molecule has 30 heavy (non-hydrogen) atoms. The minimum atomic E-state index is -1.26. The van der Waals surface area contributed by atoms with Gasteiger partial charge in [-0.15, -0.1) is 0 Å². The number of ether oxygens (including phenoxy) is 1. The van der Waals surface area contributed by atoms with Crippen molar-refractivity contribution in [2.45, 2.75) is 20.0 Å². The van der Waals surface area contributed by atoms with Gasteiger partial charge in [0.15, 0.2) is 6.10 Å². The quantitative estimate of drug-likeness (QED) is 0.628. The Morgan fingerprint density at radius 2 is 1.73 bits per heavy atom. The van der Waals surface area contributed by atoms with E-state index in [-0.39, 0.29) is 5.56 Å². The maximum atomic E-state index is 13.3. The Morgan fingerprint density at radius 1 is 1.10 bits per heavy atom. The highest BCUT2D eigenvalue weighted by Crippen LogP contribution is 2.25. The smallest absolute Gasteiger partial charge is 0.342 e. The van der Waals surface area contributed by atoms with Crippen LogP contribution in [-0.2, 0) is 9.53 Å². The van der Waals surface area contributed by atoms with Crippen molar-refractivity contribution in [3.05, 3.63) is 71.7 Å². The molecule has 0 spiro atoms. The van der Waals surface area contributed by atoms with Crippen LogP contribution in [0.3, 0.4) is 0 Å². The highest BCUT2D eigenvalue weighted by atomic mass is 19.1. The topological polar surface area (TPSA) is 116 Å². The second-order valence-electron chi connectivity index (χ2n) is 6.58. The number of nitrogens with two attached hydrogens (primary N) is 1. The fourth-order valence-electron chi connectivity index (χ4n) is 2.67. The number of urea groups is 1. The van der Waals surface area contributed by atoms with Crippen molar-refractivity contribution in [2.75, 3.05) is 0 Å². The molecule has 3 N–H and O–H groups in total. The van der Waals surface area contributed by atoms with Gasteiger partial charge in [0.2, 0.25) is 0 Å². The van der Waals surface area contributed by atoms with Crippen LogP contribution in [-0.4, -0.2) is 33.8 Å². The Hall–Kier alpha value is -4.01. The molecular formula is C21H19FN4O4. The number of esters is 1. The summed E-state index contributed by atoms with van der Waals surface area (Å²) in [6.07, 6.45) is 0.175. The van der Waals surface area contributed by atoms with Gasteiger partial charge in [-0.3, -0.25) is 10.1 Å². The van der Waals surface area contributed by atoms with Crippen LogP contribution in [0.2, 0.25) is 0 Å². The number of primary amides is 1. The summed E-state index contributed by atoms with van der Waals surface area (Å²) in [5, 5.41) is 6.30. The van der Waals surface area contributed by atoms with Gasteiger partial charge in [-0.2, -0.15) is 5.10 Å². The fourth-order valence-corrected chi connectivity index (χ4v) is 2.67. The molecule has 8 nitrogen and oxygen atoms in total. The Labute approximate surface area is 171 Å². The summed E-state index contributed by atoms with van der Waals surface area (Å²) in [6, 6.07) is 11.9. The molecule has 154 valence electrons. The molecule has 0 radical (unpaired) electrons. The van der Waals surface area contributed by atoms with Crippen molar-refractivity contribution in [1.82, 2.24) is 15.1 Å². The minimum Gasteiger partial charge on any atom is -0.449 e. The van der Waals surface area contributed by atoms with E-state index in [1.54, 1.807) is 12.1 Å². The molecule has 0 aliphatic rings. The number of nitrogens with zero attached hydrogens (tertiary/aromatic N) is 2. The van der Waals surface area contributed by atoms with Crippen molar-refractivity contribution in [3.8, 4) is 16.9 Å². The summed E-state index contributed by atoms with van der Waals surface area (Å²) in [4.78, 5) is 35.4. The molecule has 0 aliphatic carbocycles. The Bertz CT molecular complexity index is 1090. The largest absolute Gasteiger partial charge is 0.449 e. The van der Waals surface area contributed by atoms with Crippen molar-refractivity contribution < 1.29 is 23.5 Å². The number of nitrogens with one attached hydrogen (secondary N) is 1. The molecule has 0 unspecified atom stereocenters. The van der Waals surface area contributed by atoms with E-state index in [4.69, 9.17) is 10.5 Å². The summed E-state index contributed by atoms with van der Waals surface area (Å²) in [7, 11) is 0. The Kier molecular flexibility index (Phi) is 5.91. The number of rotatable bonds is 5. The van der Waals surface area contributed by atoms with Gasteiger partial charge in [0, 0.05) is 11.8 Å². The van der Waals surface area contributed by atoms with Gasteiger partial charge in [0.25, 0.3) is 5.91 Å². The molecule has 1 aromatic heterocycles. The number of aryl methyl sites for hydroxylation is 1. The van der Waals surface area contributed by atoms with E-state index >= 15 is 0 Å². The van der Waals surface area contributed by atoms with Crippen LogP contribution in [0.5, 0.6) is 0 Å². The number of hydrogen-bond donors (Lipinski definition) is 2. The third-order valence-corrected chi connectivity index (χ3v) is 4.25. The number of aromatic nitrogens is 2. The van der Waals surface area contributed by atoms with Crippen molar-refractivity contribution >= 4 is 17.9 Å². The molecule has 1 heterocycles. The highest BCUT2D eigenvalue weighted by Gasteiger charge is 2.25. The van der Waals surface area contributed by atoms with Gasteiger partial charge in [-0.05, 0) is 38.1 Å². The first-order valence-corrected chi connectivity index (χ1v) is 8.98. The average Bonchev–Trinajstić information content (AvgIpc) is 3.14.